The van der Waals surface area contributed by atoms with Crippen LogP contribution in [0.15, 0.2) is 11.8 Å². The molecule has 0 heterocycles. The summed E-state index contributed by atoms with van der Waals surface area (Å²) in [6, 6.07) is 1.62. The number of carbonyl (C=O) groups excluding carboxylic acids is 1. The van der Waals surface area contributed by atoms with Crippen LogP contribution in [0.4, 0.5) is 0 Å². The molecular weight excluding hydrogens is 178 g/mol. The monoisotopic (exact) mass is 185 g/mol. The second-order valence-corrected chi connectivity index (χ2v) is 2.11. The molecule has 0 atom stereocenters. The molecule has 0 saturated carbocycles. The molecule has 3 N–H and O–H groups in total. The second kappa shape index (κ2) is 5.09. The Balaban J connectivity index is 4.36. The Morgan fingerprint density at radius 2 is 2.42 bits per heavy atom. The summed E-state index contributed by atoms with van der Waals surface area (Å²) in [6.07, 6.45) is 1.09. The summed E-state index contributed by atoms with van der Waals surface area (Å²) in [5.41, 5.74) is 4.86. The third-order valence-corrected chi connectivity index (χ3v) is 1.00. The van der Waals surface area contributed by atoms with Crippen molar-refractivity contribution >= 4 is 23.3 Å². The van der Waals surface area contributed by atoms with E-state index in [1.54, 1.807) is 6.07 Å². The van der Waals surface area contributed by atoms with E-state index in [0.29, 0.717) is 0 Å². The highest BCUT2D eigenvalue weighted by Gasteiger charge is 2.07. The number of carbonyl (C=O) groups is 1. The van der Waals surface area contributed by atoms with Crippen molar-refractivity contribution < 1.29 is 9.53 Å². The highest BCUT2D eigenvalue weighted by molar-refractivity contribution is 7.80. The molecule has 64 valence electrons. The Morgan fingerprint density at radius 3 is 2.75 bits per heavy atom. The van der Waals surface area contributed by atoms with Crippen LogP contribution in [-0.2, 0) is 9.53 Å². The van der Waals surface area contributed by atoms with Crippen LogP contribution in [0.3, 0.4) is 0 Å². The molecule has 0 aromatic carbocycles. The molecule has 0 bridgehead atoms. The third-order valence-electron chi connectivity index (χ3n) is 0.885. The normalized spacial score (nSPS) is 9.83. The van der Waals surface area contributed by atoms with Crippen molar-refractivity contribution in [2.24, 2.45) is 5.73 Å². The van der Waals surface area contributed by atoms with Gasteiger partial charge in [-0.25, -0.2) is 4.79 Å². The van der Waals surface area contributed by atoms with Crippen molar-refractivity contribution in [2.75, 3.05) is 7.11 Å². The zero-order chi connectivity index (χ0) is 9.56. The maximum absolute atomic E-state index is 10.7. The Morgan fingerprint density at radius 1 is 1.83 bits per heavy atom. The van der Waals surface area contributed by atoms with Gasteiger partial charge in [0.15, 0.2) is 10.7 Å². The SMILES string of the molecule is COC(=O)/C(C#N)=C/NC(N)=S. The number of rotatable bonds is 2. The minimum atomic E-state index is -0.735. The zero-order valence-corrected chi connectivity index (χ0v) is 7.14. The molecule has 0 spiro atoms. The first kappa shape index (κ1) is 10.4. The molecule has 0 aliphatic carbocycles. The Labute approximate surface area is 74.8 Å². The van der Waals surface area contributed by atoms with Crippen molar-refractivity contribution in [1.82, 2.24) is 5.32 Å². The smallest absolute Gasteiger partial charge is 0.350 e. The van der Waals surface area contributed by atoms with Gasteiger partial charge in [-0.05, 0) is 12.2 Å². The van der Waals surface area contributed by atoms with Gasteiger partial charge >= 0.3 is 5.97 Å². The van der Waals surface area contributed by atoms with Crippen LogP contribution < -0.4 is 11.1 Å². The van der Waals surface area contributed by atoms with Crippen molar-refractivity contribution in [1.29, 1.82) is 5.26 Å². The number of methoxy groups -OCH3 is 1. The largest absolute Gasteiger partial charge is 0.465 e. The summed E-state index contributed by atoms with van der Waals surface area (Å²) in [5.74, 6) is -0.735. The average molecular weight is 185 g/mol. The van der Waals surface area contributed by atoms with Gasteiger partial charge in [-0.15, -0.1) is 0 Å². The molecule has 0 amide bonds. The van der Waals surface area contributed by atoms with Crippen LogP contribution >= 0.6 is 12.2 Å². The summed E-state index contributed by atoms with van der Waals surface area (Å²) in [6.45, 7) is 0. The topological polar surface area (TPSA) is 88.1 Å². The van der Waals surface area contributed by atoms with E-state index in [-0.39, 0.29) is 10.7 Å². The van der Waals surface area contributed by atoms with E-state index in [2.05, 4.69) is 22.3 Å². The van der Waals surface area contributed by atoms with E-state index < -0.39 is 5.97 Å². The molecule has 6 heteroatoms. The van der Waals surface area contributed by atoms with E-state index in [9.17, 15) is 4.79 Å². The predicted octanol–water partition coefficient (Wildman–Crippen LogP) is -0.600. The molecule has 0 radical (unpaired) electrons. The lowest BCUT2D eigenvalue weighted by Crippen LogP contribution is -2.25. The zero-order valence-electron chi connectivity index (χ0n) is 6.33. The molecule has 0 unspecified atom stereocenters. The number of thiocarbonyl (C=S) groups is 1. The molecule has 0 rings (SSSR count). The minimum Gasteiger partial charge on any atom is -0.465 e. The van der Waals surface area contributed by atoms with Crippen molar-refractivity contribution in [3.63, 3.8) is 0 Å². The number of nitrogens with one attached hydrogen (secondary N) is 1. The average Bonchev–Trinajstić information content (AvgIpc) is 2.04. The van der Waals surface area contributed by atoms with Crippen molar-refractivity contribution in [3.05, 3.63) is 11.8 Å². The maximum Gasteiger partial charge on any atom is 0.350 e. The fourth-order valence-corrected chi connectivity index (χ4v) is 0.449. The lowest BCUT2D eigenvalue weighted by atomic mass is 10.3. The van der Waals surface area contributed by atoms with E-state index in [1.807, 2.05) is 0 Å². The highest BCUT2D eigenvalue weighted by atomic mass is 32.1. The van der Waals surface area contributed by atoms with Gasteiger partial charge in [0.2, 0.25) is 0 Å². The molecule has 5 nitrogen and oxygen atoms in total. The standard InChI is InChI=1S/C6H7N3O2S/c1-11-5(10)4(2-7)3-9-6(8)12/h3H,1H3,(H3,8,9,12)/b4-3+. The highest BCUT2D eigenvalue weighted by Crippen LogP contribution is 1.92. The van der Waals surface area contributed by atoms with E-state index in [0.717, 1.165) is 6.20 Å². The molecule has 12 heavy (non-hydrogen) atoms. The quantitative estimate of drug-likeness (QED) is 0.258. The summed E-state index contributed by atoms with van der Waals surface area (Å²) < 4.78 is 4.28. The van der Waals surface area contributed by atoms with Crippen LogP contribution in [0.2, 0.25) is 0 Å². The number of hydrogen-bond acceptors (Lipinski definition) is 4. The number of nitriles is 1. The number of ether oxygens (including phenoxy) is 1. The van der Waals surface area contributed by atoms with Gasteiger partial charge < -0.3 is 15.8 Å². The fourth-order valence-electron chi connectivity index (χ4n) is 0.390. The van der Waals surface area contributed by atoms with Crippen LogP contribution in [-0.4, -0.2) is 18.2 Å². The summed E-state index contributed by atoms with van der Waals surface area (Å²) in [4.78, 5) is 10.7. The van der Waals surface area contributed by atoms with E-state index >= 15 is 0 Å². The number of esters is 1. The Kier molecular flexibility index (Phi) is 4.41. The number of nitrogens with zero attached hydrogens (tertiary/aromatic N) is 1. The molecule has 0 aromatic heterocycles. The van der Waals surface area contributed by atoms with Gasteiger partial charge in [-0.2, -0.15) is 5.26 Å². The molecular formula is C6H7N3O2S. The van der Waals surface area contributed by atoms with E-state index in [1.165, 1.54) is 7.11 Å². The van der Waals surface area contributed by atoms with Crippen molar-refractivity contribution in [2.45, 2.75) is 0 Å². The second-order valence-electron chi connectivity index (χ2n) is 1.67. The molecule has 0 aliphatic heterocycles. The lowest BCUT2D eigenvalue weighted by Gasteiger charge is -1.97. The lowest BCUT2D eigenvalue weighted by molar-refractivity contribution is -0.135. The first-order valence-electron chi connectivity index (χ1n) is 2.86. The summed E-state index contributed by atoms with van der Waals surface area (Å²) >= 11 is 4.45. The van der Waals surface area contributed by atoms with Gasteiger partial charge in [-0.1, -0.05) is 0 Å². The maximum atomic E-state index is 10.7. The number of nitrogens with two attached hydrogens (primary N) is 1. The third kappa shape index (κ3) is 3.53. The molecule has 0 saturated heterocycles. The minimum absolute atomic E-state index is 0.0216. The fraction of sp³-hybridized carbons (Fsp3) is 0.167. The van der Waals surface area contributed by atoms with Crippen LogP contribution in [0, 0.1) is 11.3 Å². The van der Waals surface area contributed by atoms with E-state index in [4.69, 9.17) is 11.0 Å². The Hall–Kier alpha value is -1.61. The predicted molar refractivity (Wildman–Crippen MR) is 45.6 cm³/mol. The van der Waals surface area contributed by atoms with Crippen LogP contribution in [0.5, 0.6) is 0 Å². The summed E-state index contributed by atoms with van der Waals surface area (Å²) in [5, 5.41) is 10.7. The van der Waals surface area contributed by atoms with Gasteiger partial charge in [0.1, 0.15) is 6.07 Å². The van der Waals surface area contributed by atoms with Gasteiger partial charge in [0.25, 0.3) is 0 Å². The molecule has 0 fully saturated rings. The van der Waals surface area contributed by atoms with Crippen molar-refractivity contribution in [3.8, 4) is 6.07 Å². The van der Waals surface area contributed by atoms with Gasteiger partial charge in [-0.3, -0.25) is 0 Å². The van der Waals surface area contributed by atoms with Gasteiger partial charge in [0, 0.05) is 6.20 Å². The van der Waals surface area contributed by atoms with Crippen LogP contribution in [0.1, 0.15) is 0 Å². The first-order chi connectivity index (χ1) is 5.61. The first-order valence-corrected chi connectivity index (χ1v) is 3.27. The van der Waals surface area contributed by atoms with Gasteiger partial charge in [0.05, 0.1) is 7.11 Å². The number of hydrogen-bond donors (Lipinski definition) is 2. The Bertz CT molecular complexity index is 266. The molecule has 0 aliphatic rings. The molecule has 0 aromatic rings. The van der Waals surface area contributed by atoms with Crippen LogP contribution in [0.25, 0.3) is 0 Å². The summed E-state index contributed by atoms with van der Waals surface area (Å²) in [7, 11) is 1.17.